The van der Waals surface area contributed by atoms with E-state index in [1.807, 2.05) is 6.07 Å². The molecule has 2 saturated carbocycles. The number of Topliss-reactive ketones (excluding diaryl/α,β-unsaturated/α-hetero) is 1. The number of amides is 1. The summed E-state index contributed by atoms with van der Waals surface area (Å²) in [4.78, 5) is 37.1. The van der Waals surface area contributed by atoms with Crippen molar-refractivity contribution in [3.63, 3.8) is 0 Å². The number of hydrogen-bond acceptors (Lipinski definition) is 6. The second kappa shape index (κ2) is 9.29. The van der Waals surface area contributed by atoms with Gasteiger partial charge in [-0.1, -0.05) is 12.5 Å². The molecule has 0 saturated heterocycles. The van der Waals surface area contributed by atoms with Gasteiger partial charge in [0.15, 0.2) is 17.6 Å². The normalized spacial score (nSPS) is 24.4. The number of ether oxygens (including phenoxy) is 3. The lowest BCUT2D eigenvalue weighted by Gasteiger charge is -2.36. The molecule has 29 heavy (non-hydrogen) atoms. The Morgan fingerprint density at radius 3 is 2.38 bits per heavy atom. The Morgan fingerprint density at radius 1 is 1.10 bits per heavy atom. The number of esters is 1. The van der Waals surface area contributed by atoms with Gasteiger partial charge in [-0.3, -0.25) is 14.4 Å². The van der Waals surface area contributed by atoms with E-state index in [0.717, 1.165) is 24.8 Å². The van der Waals surface area contributed by atoms with E-state index in [1.165, 1.54) is 0 Å². The van der Waals surface area contributed by atoms with Crippen LogP contribution in [0.15, 0.2) is 18.2 Å². The van der Waals surface area contributed by atoms with Crippen molar-refractivity contribution in [1.82, 2.24) is 5.32 Å². The first kappa shape index (κ1) is 21.1. The maximum Gasteiger partial charge on any atom is 0.309 e. The van der Waals surface area contributed by atoms with E-state index in [-0.39, 0.29) is 36.2 Å². The fraction of sp³-hybridized carbons (Fsp3) is 0.591. The van der Waals surface area contributed by atoms with Gasteiger partial charge in [-0.2, -0.15) is 0 Å². The first-order valence-corrected chi connectivity index (χ1v) is 10.2. The number of carbonyl (C=O) groups excluding carboxylic acids is 3. The summed E-state index contributed by atoms with van der Waals surface area (Å²) in [6, 6.07) is 5.38. The van der Waals surface area contributed by atoms with Crippen LogP contribution in [0, 0.1) is 17.8 Å². The summed E-state index contributed by atoms with van der Waals surface area (Å²) >= 11 is 0. The average molecular weight is 403 g/mol. The average Bonchev–Trinajstić information content (AvgIpc) is 2.71. The Hall–Kier alpha value is -2.57. The van der Waals surface area contributed by atoms with E-state index >= 15 is 0 Å². The Bertz CT molecular complexity index is 761. The van der Waals surface area contributed by atoms with Crippen LogP contribution in [0.25, 0.3) is 0 Å². The van der Waals surface area contributed by atoms with Crippen LogP contribution in [-0.2, 0) is 25.7 Å². The van der Waals surface area contributed by atoms with E-state index in [1.54, 1.807) is 33.3 Å². The zero-order valence-corrected chi connectivity index (χ0v) is 17.2. The van der Waals surface area contributed by atoms with Crippen LogP contribution in [0.1, 0.15) is 44.6 Å². The van der Waals surface area contributed by atoms with Crippen LogP contribution in [0.3, 0.4) is 0 Å². The third-order valence-electron chi connectivity index (χ3n) is 5.96. The van der Waals surface area contributed by atoms with Crippen LogP contribution in [0.2, 0.25) is 0 Å². The molecule has 2 fully saturated rings. The van der Waals surface area contributed by atoms with Gasteiger partial charge < -0.3 is 19.5 Å². The summed E-state index contributed by atoms with van der Waals surface area (Å²) < 4.78 is 15.9. The summed E-state index contributed by atoms with van der Waals surface area (Å²) in [7, 11) is 3.11. The highest BCUT2D eigenvalue weighted by Crippen LogP contribution is 2.40. The first-order chi connectivity index (χ1) is 13.9. The van der Waals surface area contributed by atoms with E-state index in [0.29, 0.717) is 30.1 Å². The van der Waals surface area contributed by atoms with Gasteiger partial charge in [0, 0.05) is 18.4 Å². The third kappa shape index (κ3) is 4.89. The van der Waals surface area contributed by atoms with Crippen molar-refractivity contribution in [3.8, 4) is 11.5 Å². The summed E-state index contributed by atoms with van der Waals surface area (Å²) in [6.45, 7) is 1.85. The van der Waals surface area contributed by atoms with Gasteiger partial charge in [0.05, 0.1) is 20.1 Å². The fourth-order valence-electron chi connectivity index (χ4n) is 4.32. The third-order valence-corrected chi connectivity index (χ3v) is 5.96. The van der Waals surface area contributed by atoms with Gasteiger partial charge in [-0.25, -0.2) is 0 Å². The molecule has 0 aliphatic heterocycles. The van der Waals surface area contributed by atoms with E-state index in [2.05, 4.69) is 5.32 Å². The lowest BCUT2D eigenvalue weighted by Crippen LogP contribution is -2.42. The molecule has 2 aliphatic rings. The van der Waals surface area contributed by atoms with Crippen molar-refractivity contribution >= 4 is 17.7 Å². The van der Waals surface area contributed by atoms with Crippen LogP contribution >= 0.6 is 0 Å². The summed E-state index contributed by atoms with van der Waals surface area (Å²) in [5.74, 6) is 0.439. The van der Waals surface area contributed by atoms with E-state index in [4.69, 9.17) is 14.2 Å². The number of ketones is 1. The lowest BCUT2D eigenvalue weighted by atomic mass is 9.67. The second-order valence-electron chi connectivity index (χ2n) is 7.88. The molecule has 158 valence electrons. The van der Waals surface area contributed by atoms with Crippen molar-refractivity contribution in [1.29, 1.82) is 0 Å². The Balaban J connectivity index is 1.50. The van der Waals surface area contributed by atoms with Crippen LogP contribution in [0.4, 0.5) is 0 Å². The number of methoxy groups -OCH3 is 2. The maximum atomic E-state index is 12.5. The number of nitrogens with one attached hydrogen (secondary N) is 1. The van der Waals surface area contributed by atoms with Crippen LogP contribution in [0.5, 0.6) is 11.5 Å². The smallest absolute Gasteiger partial charge is 0.309 e. The van der Waals surface area contributed by atoms with Crippen molar-refractivity contribution in [2.24, 2.45) is 17.8 Å². The Kier molecular flexibility index (Phi) is 6.77. The molecule has 1 N–H and O–H groups in total. The SMILES string of the molecule is COc1ccc(CNC(=O)[C@@H](C)OC(=O)C2C[C@H]3CCC[C@@H](C2)C3=O)cc1OC. The molecule has 2 bridgehead atoms. The van der Waals surface area contributed by atoms with Gasteiger partial charge in [0.1, 0.15) is 5.78 Å². The minimum atomic E-state index is -0.889. The molecular formula is C22H29NO6. The van der Waals surface area contributed by atoms with Crippen LogP contribution < -0.4 is 14.8 Å². The highest BCUT2D eigenvalue weighted by atomic mass is 16.5. The molecule has 0 radical (unpaired) electrons. The molecule has 0 heterocycles. The molecule has 3 rings (SSSR count). The Labute approximate surface area is 171 Å². The highest BCUT2D eigenvalue weighted by molar-refractivity contribution is 5.88. The molecule has 7 nitrogen and oxygen atoms in total. The minimum Gasteiger partial charge on any atom is -0.493 e. The molecular weight excluding hydrogens is 374 g/mol. The van der Waals surface area contributed by atoms with Crippen molar-refractivity contribution in [3.05, 3.63) is 23.8 Å². The first-order valence-electron chi connectivity index (χ1n) is 10.2. The molecule has 1 amide bonds. The van der Waals surface area contributed by atoms with Gasteiger partial charge in [-0.15, -0.1) is 0 Å². The van der Waals surface area contributed by atoms with Crippen LogP contribution in [-0.4, -0.2) is 38.0 Å². The lowest BCUT2D eigenvalue weighted by molar-refractivity contribution is -0.162. The summed E-state index contributed by atoms with van der Waals surface area (Å²) in [6.07, 6.45) is 2.99. The molecule has 2 aliphatic carbocycles. The molecule has 1 aromatic carbocycles. The fourth-order valence-corrected chi connectivity index (χ4v) is 4.32. The number of benzene rings is 1. The molecule has 4 atom stereocenters. The second-order valence-corrected chi connectivity index (χ2v) is 7.88. The number of fused-ring (bicyclic) bond motifs is 2. The van der Waals surface area contributed by atoms with Crippen molar-refractivity contribution in [2.75, 3.05) is 14.2 Å². The number of carbonyl (C=O) groups is 3. The standard InChI is InChI=1S/C22H29NO6/c1-13(21(25)23-12-14-7-8-18(27-2)19(9-14)28-3)29-22(26)17-10-15-5-4-6-16(11-17)20(15)24/h7-9,13,15-17H,4-6,10-12H2,1-3H3,(H,23,25)/t13-,15-,16+,17?/m1/s1. The topological polar surface area (TPSA) is 90.9 Å². The summed E-state index contributed by atoms with van der Waals surface area (Å²) in [5, 5.41) is 2.78. The quantitative estimate of drug-likeness (QED) is 0.704. The molecule has 0 spiro atoms. The predicted octanol–water partition coefficient (Wildman–Crippen LogP) is 2.65. The maximum absolute atomic E-state index is 12.5. The largest absolute Gasteiger partial charge is 0.493 e. The Morgan fingerprint density at radius 2 is 1.76 bits per heavy atom. The minimum absolute atomic E-state index is 0.0192. The number of hydrogen-bond donors (Lipinski definition) is 1. The van der Waals surface area contributed by atoms with E-state index in [9.17, 15) is 14.4 Å². The van der Waals surface area contributed by atoms with Gasteiger partial charge in [0.25, 0.3) is 5.91 Å². The molecule has 7 heteroatoms. The molecule has 1 aromatic rings. The van der Waals surface area contributed by atoms with Crippen molar-refractivity contribution < 1.29 is 28.6 Å². The van der Waals surface area contributed by atoms with Gasteiger partial charge in [-0.05, 0) is 50.3 Å². The highest BCUT2D eigenvalue weighted by Gasteiger charge is 2.42. The predicted molar refractivity (Wildman–Crippen MR) is 106 cm³/mol. The zero-order chi connectivity index (χ0) is 21.0. The molecule has 0 aromatic heterocycles. The van der Waals surface area contributed by atoms with Crippen molar-refractivity contribution in [2.45, 2.75) is 51.7 Å². The summed E-state index contributed by atoms with van der Waals surface area (Å²) in [5.41, 5.74) is 0.841. The monoisotopic (exact) mass is 403 g/mol. The number of rotatable bonds is 7. The zero-order valence-electron chi connectivity index (χ0n) is 17.2. The van der Waals surface area contributed by atoms with Gasteiger partial charge >= 0.3 is 5.97 Å². The van der Waals surface area contributed by atoms with Gasteiger partial charge in [0.2, 0.25) is 0 Å². The molecule has 1 unspecified atom stereocenters. The van der Waals surface area contributed by atoms with E-state index < -0.39 is 6.10 Å².